The Morgan fingerprint density at radius 1 is 1.25 bits per heavy atom. The fraction of sp³-hybridized carbons (Fsp3) is 0.0667. The fourth-order valence-electron chi connectivity index (χ4n) is 2.40. The predicted octanol–water partition coefficient (Wildman–Crippen LogP) is 3.83. The molecule has 3 aromatic rings. The van der Waals surface area contributed by atoms with E-state index in [0.717, 1.165) is 16.3 Å². The number of carbonyl (C=O) groups is 1. The number of carbonyl (C=O) groups excluding carboxylic acids is 1. The molecule has 120 valence electrons. The molecule has 0 spiro atoms. The van der Waals surface area contributed by atoms with Crippen molar-refractivity contribution in [2.75, 3.05) is 5.32 Å². The number of amides is 1. The van der Waals surface area contributed by atoms with Gasteiger partial charge in [-0.15, -0.1) is 16.9 Å². The molecule has 24 heavy (non-hydrogen) atoms. The monoisotopic (exact) mass is 377 g/mol. The lowest BCUT2D eigenvalue weighted by Crippen LogP contribution is -2.16. The molecule has 0 atom stereocenters. The second kappa shape index (κ2) is 6.08. The first kappa shape index (κ1) is 15.4. The summed E-state index contributed by atoms with van der Waals surface area (Å²) in [4.78, 5) is 17.4. The summed E-state index contributed by atoms with van der Waals surface area (Å²) in [7, 11) is 0. The van der Waals surface area contributed by atoms with Crippen LogP contribution in [0.2, 0.25) is 10.2 Å². The molecule has 0 unspecified atom stereocenters. The molecule has 1 aliphatic rings. The van der Waals surface area contributed by atoms with Crippen molar-refractivity contribution < 1.29 is 4.79 Å². The van der Waals surface area contributed by atoms with Crippen molar-refractivity contribution in [3.8, 4) is 5.69 Å². The number of nitrogens with one attached hydrogen (secondary N) is 1. The van der Waals surface area contributed by atoms with Gasteiger partial charge in [-0.1, -0.05) is 28.4 Å². The number of thioether (sulfide) groups is 1. The van der Waals surface area contributed by atoms with E-state index in [-0.39, 0.29) is 11.6 Å². The van der Waals surface area contributed by atoms with Crippen LogP contribution in [0.4, 0.5) is 5.69 Å². The number of halogens is 2. The van der Waals surface area contributed by atoms with Crippen LogP contribution in [0.3, 0.4) is 0 Å². The number of pyridine rings is 1. The first-order chi connectivity index (χ1) is 11.6. The summed E-state index contributed by atoms with van der Waals surface area (Å²) >= 11 is 13.5. The molecule has 1 N–H and O–H groups in total. The molecule has 0 fully saturated rings. The van der Waals surface area contributed by atoms with Gasteiger partial charge in [-0.25, -0.2) is 9.67 Å². The van der Waals surface area contributed by atoms with Gasteiger partial charge in [0.2, 0.25) is 0 Å². The highest BCUT2D eigenvalue weighted by atomic mass is 35.5. The number of nitrogens with zero attached hydrogens (tertiary/aromatic N) is 4. The van der Waals surface area contributed by atoms with E-state index in [1.54, 1.807) is 28.6 Å². The Hall–Kier alpha value is -2.09. The predicted molar refractivity (Wildman–Crippen MR) is 93.1 cm³/mol. The Labute approximate surface area is 151 Å². The van der Waals surface area contributed by atoms with E-state index in [1.807, 2.05) is 18.2 Å². The van der Waals surface area contributed by atoms with Gasteiger partial charge in [0, 0.05) is 27.6 Å². The van der Waals surface area contributed by atoms with Crippen LogP contribution < -0.4 is 5.32 Å². The lowest BCUT2D eigenvalue weighted by Gasteiger charge is -2.17. The molecule has 4 rings (SSSR count). The average Bonchev–Trinajstić information content (AvgIpc) is 2.99. The third kappa shape index (κ3) is 2.75. The number of hydrogen-bond acceptors (Lipinski definition) is 5. The number of anilines is 1. The highest BCUT2D eigenvalue weighted by Crippen LogP contribution is 2.36. The second-order valence-electron chi connectivity index (χ2n) is 5.02. The summed E-state index contributed by atoms with van der Waals surface area (Å²) < 4.78 is 1.66. The van der Waals surface area contributed by atoms with Crippen molar-refractivity contribution in [2.24, 2.45) is 0 Å². The maximum absolute atomic E-state index is 12.5. The molecule has 3 heterocycles. The van der Waals surface area contributed by atoms with E-state index < -0.39 is 0 Å². The molecule has 0 bridgehead atoms. The number of rotatable bonds is 2. The molecule has 0 aliphatic carbocycles. The molecule has 1 aromatic carbocycles. The van der Waals surface area contributed by atoms with Crippen molar-refractivity contribution in [2.45, 2.75) is 10.6 Å². The Kier molecular flexibility index (Phi) is 3.91. The smallest absolute Gasteiger partial charge is 0.278 e. The maximum atomic E-state index is 12.5. The summed E-state index contributed by atoms with van der Waals surface area (Å²) in [6.07, 6.45) is 1.52. The van der Waals surface area contributed by atoms with Crippen LogP contribution in [0.1, 0.15) is 16.2 Å². The van der Waals surface area contributed by atoms with Crippen molar-refractivity contribution in [3.63, 3.8) is 0 Å². The minimum atomic E-state index is -0.343. The fourth-order valence-corrected chi connectivity index (χ4v) is 3.74. The third-order valence-corrected chi connectivity index (χ3v) is 4.99. The maximum Gasteiger partial charge on any atom is 0.278 e. The number of benzene rings is 1. The topological polar surface area (TPSA) is 72.7 Å². The summed E-state index contributed by atoms with van der Waals surface area (Å²) in [5, 5.41) is 11.8. The summed E-state index contributed by atoms with van der Waals surface area (Å²) in [6.45, 7) is 0. The Bertz CT molecular complexity index is 959. The van der Waals surface area contributed by atoms with Crippen molar-refractivity contribution >= 4 is 46.6 Å². The Morgan fingerprint density at radius 3 is 2.96 bits per heavy atom. The zero-order chi connectivity index (χ0) is 16.7. The zero-order valence-corrected chi connectivity index (χ0v) is 14.4. The van der Waals surface area contributed by atoms with Crippen molar-refractivity contribution in [1.29, 1.82) is 0 Å². The Morgan fingerprint density at radius 2 is 2.12 bits per heavy atom. The molecule has 1 amide bonds. The number of aromatic nitrogens is 4. The third-order valence-electron chi connectivity index (χ3n) is 3.48. The van der Waals surface area contributed by atoms with Crippen LogP contribution in [0.25, 0.3) is 5.69 Å². The quantitative estimate of drug-likeness (QED) is 0.687. The molecule has 0 saturated carbocycles. The largest absolute Gasteiger partial charge is 0.320 e. The minimum Gasteiger partial charge on any atom is -0.320 e. The standard InChI is InChI=1S/C15H9Cl2N5OS/c16-8-1-2-12-10(5-8)22-11(7-24-12)14(20-21-22)15(23)19-9-3-4-18-13(17)6-9/h1-6H,7H2,(H,18,19,23). The number of fused-ring (bicyclic) bond motifs is 3. The molecular weight excluding hydrogens is 369 g/mol. The van der Waals surface area contributed by atoms with Gasteiger partial charge in [0.1, 0.15) is 5.15 Å². The molecule has 6 nitrogen and oxygen atoms in total. The van der Waals surface area contributed by atoms with Crippen LogP contribution >= 0.6 is 35.0 Å². The van der Waals surface area contributed by atoms with Gasteiger partial charge in [-0.2, -0.15) is 0 Å². The van der Waals surface area contributed by atoms with Crippen LogP contribution in [-0.2, 0) is 5.75 Å². The van der Waals surface area contributed by atoms with Gasteiger partial charge in [-0.3, -0.25) is 4.79 Å². The van der Waals surface area contributed by atoms with E-state index in [9.17, 15) is 4.79 Å². The van der Waals surface area contributed by atoms with Crippen LogP contribution in [-0.4, -0.2) is 25.9 Å². The van der Waals surface area contributed by atoms with Gasteiger partial charge < -0.3 is 5.32 Å². The zero-order valence-electron chi connectivity index (χ0n) is 12.0. The normalized spacial score (nSPS) is 12.4. The van der Waals surface area contributed by atoms with Crippen molar-refractivity contribution in [3.05, 3.63) is 58.1 Å². The van der Waals surface area contributed by atoms with E-state index in [0.29, 0.717) is 21.6 Å². The van der Waals surface area contributed by atoms with E-state index in [4.69, 9.17) is 23.2 Å². The number of hydrogen-bond donors (Lipinski definition) is 1. The first-order valence-corrected chi connectivity index (χ1v) is 8.66. The van der Waals surface area contributed by atoms with Crippen LogP contribution in [0.15, 0.2) is 41.4 Å². The second-order valence-corrected chi connectivity index (χ2v) is 6.86. The molecule has 1 aliphatic heterocycles. The summed E-state index contributed by atoms with van der Waals surface area (Å²) in [5.41, 5.74) is 2.38. The Balaban J connectivity index is 1.68. The summed E-state index contributed by atoms with van der Waals surface area (Å²) in [6, 6.07) is 8.80. The molecule has 0 radical (unpaired) electrons. The van der Waals surface area contributed by atoms with Crippen LogP contribution in [0, 0.1) is 0 Å². The van der Waals surface area contributed by atoms with Gasteiger partial charge in [0.05, 0.1) is 11.4 Å². The van der Waals surface area contributed by atoms with E-state index >= 15 is 0 Å². The SMILES string of the molecule is O=C(Nc1ccnc(Cl)c1)c1nnn2c1CSc1ccc(Cl)cc1-2. The lowest BCUT2D eigenvalue weighted by molar-refractivity contribution is 0.102. The highest BCUT2D eigenvalue weighted by Gasteiger charge is 2.26. The lowest BCUT2D eigenvalue weighted by atomic mass is 10.2. The van der Waals surface area contributed by atoms with Gasteiger partial charge in [0.15, 0.2) is 5.69 Å². The van der Waals surface area contributed by atoms with Gasteiger partial charge in [-0.05, 0) is 30.3 Å². The van der Waals surface area contributed by atoms with Crippen molar-refractivity contribution in [1.82, 2.24) is 20.0 Å². The van der Waals surface area contributed by atoms with E-state index in [2.05, 4.69) is 20.6 Å². The molecule has 9 heteroatoms. The minimum absolute atomic E-state index is 0.279. The average molecular weight is 378 g/mol. The van der Waals surface area contributed by atoms with Gasteiger partial charge >= 0.3 is 0 Å². The van der Waals surface area contributed by atoms with Gasteiger partial charge in [0.25, 0.3) is 5.91 Å². The molecule has 2 aromatic heterocycles. The summed E-state index contributed by atoms with van der Waals surface area (Å²) in [5.74, 6) is 0.256. The molecular formula is C15H9Cl2N5OS. The first-order valence-electron chi connectivity index (χ1n) is 6.92. The van der Waals surface area contributed by atoms with E-state index in [1.165, 1.54) is 6.20 Å². The van der Waals surface area contributed by atoms with Crippen LogP contribution in [0.5, 0.6) is 0 Å². The molecule has 0 saturated heterocycles. The highest BCUT2D eigenvalue weighted by molar-refractivity contribution is 7.98.